The van der Waals surface area contributed by atoms with Gasteiger partial charge in [0.2, 0.25) is 0 Å². The molecule has 0 bridgehead atoms. The number of benzene rings is 2. The summed E-state index contributed by atoms with van der Waals surface area (Å²) < 4.78 is 0. The molecule has 0 spiro atoms. The fraction of sp³-hybridized carbons (Fsp3) is 0.111. The molecule has 0 heterocycles. The second-order valence-corrected chi connectivity index (χ2v) is 5.43. The van der Waals surface area contributed by atoms with Gasteiger partial charge in [0.05, 0.1) is 10.7 Å². The van der Waals surface area contributed by atoms with Gasteiger partial charge in [-0.25, -0.2) is 4.79 Å². The van der Waals surface area contributed by atoms with E-state index in [1.165, 1.54) is 4.90 Å². The Balaban J connectivity index is 2.19. The van der Waals surface area contributed by atoms with Crippen LogP contribution in [0.5, 0.6) is 0 Å². The van der Waals surface area contributed by atoms with E-state index in [1.807, 2.05) is 30.3 Å². The first-order valence-corrected chi connectivity index (χ1v) is 7.69. The zero-order valence-corrected chi connectivity index (χ0v) is 14.0. The number of nitrogens with zero attached hydrogens (tertiary/aromatic N) is 1. The van der Waals surface area contributed by atoms with Crippen LogP contribution in [-0.4, -0.2) is 25.5 Å². The van der Waals surface area contributed by atoms with Crippen LogP contribution in [0, 0.1) is 0 Å². The van der Waals surface area contributed by atoms with Gasteiger partial charge in [-0.3, -0.25) is 4.79 Å². The molecule has 3 amide bonds. The van der Waals surface area contributed by atoms with Crippen LogP contribution < -0.4 is 15.5 Å². The minimum Gasteiger partial charge on any atom is -0.334 e. The summed E-state index contributed by atoms with van der Waals surface area (Å²) in [5.74, 6) is -0.201. The average molecular weight is 344 g/mol. The number of amides is 3. The molecule has 5 nitrogen and oxygen atoms in total. The van der Waals surface area contributed by atoms with Gasteiger partial charge in [0.25, 0.3) is 5.91 Å². The van der Waals surface area contributed by atoms with Crippen molar-refractivity contribution in [2.45, 2.75) is 0 Å². The maximum atomic E-state index is 12.6. The van der Waals surface area contributed by atoms with Gasteiger partial charge in [0, 0.05) is 24.8 Å². The van der Waals surface area contributed by atoms with Gasteiger partial charge in [-0.2, -0.15) is 0 Å². The number of carbonyl (C=O) groups excluding carboxylic acids is 2. The summed E-state index contributed by atoms with van der Waals surface area (Å²) >= 11 is 6.09. The summed E-state index contributed by atoms with van der Waals surface area (Å²) in [5.41, 5.74) is 1.56. The zero-order valence-electron chi connectivity index (χ0n) is 13.3. The number of hydrogen-bond donors (Lipinski definition) is 2. The Morgan fingerprint density at radius 1 is 1.21 bits per heavy atom. The molecular formula is C18H18ClN3O2. The fourth-order valence-corrected chi connectivity index (χ4v) is 2.21. The molecule has 0 saturated carbocycles. The highest BCUT2D eigenvalue weighted by Crippen LogP contribution is 2.24. The molecule has 0 fully saturated rings. The fourth-order valence-electron chi connectivity index (χ4n) is 2.05. The Kier molecular flexibility index (Phi) is 5.98. The second kappa shape index (κ2) is 8.17. The van der Waals surface area contributed by atoms with Crippen LogP contribution in [0.3, 0.4) is 0 Å². The van der Waals surface area contributed by atoms with Crippen LogP contribution in [0.2, 0.25) is 5.02 Å². The molecule has 0 aliphatic heterocycles. The van der Waals surface area contributed by atoms with Gasteiger partial charge >= 0.3 is 6.03 Å². The molecule has 2 rings (SSSR count). The van der Waals surface area contributed by atoms with E-state index in [-0.39, 0.29) is 5.91 Å². The normalized spacial score (nSPS) is 9.92. The van der Waals surface area contributed by atoms with E-state index in [0.717, 1.165) is 5.69 Å². The minimum absolute atomic E-state index is 0.201. The smallest absolute Gasteiger partial charge is 0.319 e. The molecule has 2 aromatic rings. The largest absolute Gasteiger partial charge is 0.334 e. The number of urea groups is 1. The highest BCUT2D eigenvalue weighted by molar-refractivity contribution is 6.34. The quantitative estimate of drug-likeness (QED) is 0.808. The van der Waals surface area contributed by atoms with Crippen LogP contribution in [0.1, 0.15) is 10.4 Å². The van der Waals surface area contributed by atoms with E-state index in [4.69, 9.17) is 11.6 Å². The van der Waals surface area contributed by atoms with Crippen molar-refractivity contribution in [1.29, 1.82) is 0 Å². The topological polar surface area (TPSA) is 61.4 Å². The Morgan fingerprint density at radius 3 is 2.58 bits per heavy atom. The van der Waals surface area contributed by atoms with E-state index in [0.29, 0.717) is 22.8 Å². The average Bonchev–Trinajstić information content (AvgIpc) is 2.61. The second-order valence-electron chi connectivity index (χ2n) is 5.02. The summed E-state index contributed by atoms with van der Waals surface area (Å²) in [6.07, 6.45) is 1.57. The maximum absolute atomic E-state index is 12.6. The third kappa shape index (κ3) is 4.36. The van der Waals surface area contributed by atoms with Crippen molar-refractivity contribution in [3.05, 3.63) is 71.8 Å². The first-order chi connectivity index (χ1) is 11.5. The van der Waals surface area contributed by atoms with Crippen LogP contribution in [-0.2, 0) is 0 Å². The van der Waals surface area contributed by atoms with Gasteiger partial charge in [-0.1, -0.05) is 35.9 Å². The van der Waals surface area contributed by atoms with E-state index in [2.05, 4.69) is 17.2 Å². The number of hydrogen-bond acceptors (Lipinski definition) is 2. The molecule has 0 aliphatic carbocycles. The lowest BCUT2D eigenvalue weighted by atomic mass is 10.1. The molecule has 0 radical (unpaired) electrons. The molecule has 124 valence electrons. The molecule has 24 heavy (non-hydrogen) atoms. The first kappa shape index (κ1) is 17.6. The van der Waals surface area contributed by atoms with Crippen molar-refractivity contribution < 1.29 is 9.59 Å². The number of carbonyl (C=O) groups is 2. The van der Waals surface area contributed by atoms with Crippen molar-refractivity contribution in [3.63, 3.8) is 0 Å². The zero-order chi connectivity index (χ0) is 17.5. The molecule has 2 N–H and O–H groups in total. The van der Waals surface area contributed by atoms with Crippen molar-refractivity contribution in [2.24, 2.45) is 0 Å². The third-order valence-corrected chi connectivity index (χ3v) is 3.65. The van der Waals surface area contributed by atoms with Crippen molar-refractivity contribution in [1.82, 2.24) is 5.32 Å². The van der Waals surface area contributed by atoms with Gasteiger partial charge in [0.1, 0.15) is 0 Å². The summed E-state index contributed by atoms with van der Waals surface area (Å²) in [6.45, 7) is 3.86. The standard InChI is InChI=1S/C18H18ClN3O2/c1-3-11-20-18(24)21-16-12-13(9-10-15(16)19)17(23)22(2)14-7-5-4-6-8-14/h3-10,12H,1,11H2,2H3,(H2,20,21,24). The molecule has 0 aliphatic rings. The van der Waals surface area contributed by atoms with E-state index in [9.17, 15) is 9.59 Å². The van der Waals surface area contributed by atoms with Crippen LogP contribution in [0.4, 0.5) is 16.2 Å². The Bertz CT molecular complexity index is 747. The van der Waals surface area contributed by atoms with Crippen molar-refractivity contribution in [3.8, 4) is 0 Å². The lowest BCUT2D eigenvalue weighted by Gasteiger charge is -2.18. The van der Waals surface area contributed by atoms with Crippen LogP contribution >= 0.6 is 11.6 Å². The van der Waals surface area contributed by atoms with E-state index >= 15 is 0 Å². The maximum Gasteiger partial charge on any atom is 0.319 e. The highest BCUT2D eigenvalue weighted by atomic mass is 35.5. The summed E-state index contributed by atoms with van der Waals surface area (Å²) in [7, 11) is 1.69. The predicted molar refractivity (Wildman–Crippen MR) is 97.8 cm³/mol. The number of rotatable bonds is 5. The van der Waals surface area contributed by atoms with Gasteiger partial charge < -0.3 is 15.5 Å². The Morgan fingerprint density at radius 2 is 1.92 bits per heavy atom. The molecule has 0 aromatic heterocycles. The van der Waals surface area contributed by atoms with Gasteiger partial charge in [0.15, 0.2) is 0 Å². The molecule has 0 saturated heterocycles. The number of para-hydroxylation sites is 1. The van der Waals surface area contributed by atoms with Gasteiger partial charge in [-0.05, 0) is 30.3 Å². The lowest BCUT2D eigenvalue weighted by Crippen LogP contribution is -2.29. The molecular weight excluding hydrogens is 326 g/mol. The monoisotopic (exact) mass is 343 g/mol. The summed E-state index contributed by atoms with van der Waals surface area (Å²) in [6, 6.07) is 13.6. The van der Waals surface area contributed by atoms with Crippen molar-refractivity contribution in [2.75, 3.05) is 23.8 Å². The summed E-state index contributed by atoms with van der Waals surface area (Å²) in [5, 5.41) is 5.55. The number of halogens is 1. The third-order valence-electron chi connectivity index (χ3n) is 3.32. The van der Waals surface area contributed by atoms with Crippen molar-refractivity contribution >= 4 is 34.9 Å². The minimum atomic E-state index is -0.419. The predicted octanol–water partition coefficient (Wildman–Crippen LogP) is 3.92. The van der Waals surface area contributed by atoms with Crippen LogP contribution in [0.15, 0.2) is 61.2 Å². The highest BCUT2D eigenvalue weighted by Gasteiger charge is 2.15. The summed E-state index contributed by atoms with van der Waals surface area (Å²) in [4.78, 5) is 25.9. The molecule has 6 heteroatoms. The Labute approximate surface area is 145 Å². The van der Waals surface area contributed by atoms with E-state index in [1.54, 1.807) is 31.3 Å². The first-order valence-electron chi connectivity index (χ1n) is 7.31. The van der Waals surface area contributed by atoms with E-state index < -0.39 is 6.03 Å². The van der Waals surface area contributed by atoms with Crippen LogP contribution in [0.25, 0.3) is 0 Å². The lowest BCUT2D eigenvalue weighted by molar-refractivity contribution is 0.0993. The Hall–Kier alpha value is -2.79. The SMILES string of the molecule is C=CCNC(=O)Nc1cc(C(=O)N(C)c2ccccc2)ccc1Cl. The number of anilines is 2. The van der Waals surface area contributed by atoms with Gasteiger partial charge in [-0.15, -0.1) is 6.58 Å². The molecule has 0 atom stereocenters. The number of nitrogens with one attached hydrogen (secondary N) is 2. The molecule has 2 aromatic carbocycles. The molecule has 0 unspecified atom stereocenters.